The van der Waals surface area contributed by atoms with Crippen LogP contribution in [0.15, 0.2) is 60.7 Å². The van der Waals surface area contributed by atoms with E-state index in [0.29, 0.717) is 0 Å². The minimum atomic E-state index is -5.05. The zero-order chi connectivity index (χ0) is 16.2. The number of halogens is 3. The van der Waals surface area contributed by atoms with E-state index in [1.807, 2.05) is 0 Å². The molecule has 0 aliphatic heterocycles. The normalized spacial score (nSPS) is 12.5. The summed E-state index contributed by atoms with van der Waals surface area (Å²) in [5.74, 6) is -2.75. The third kappa shape index (κ3) is 3.72. The summed E-state index contributed by atoms with van der Waals surface area (Å²) >= 11 is 0. The van der Waals surface area contributed by atoms with Crippen molar-refractivity contribution >= 4 is 11.7 Å². The van der Waals surface area contributed by atoms with Gasteiger partial charge in [-0.05, 0) is 5.56 Å². The number of rotatable bonds is 4. The van der Waals surface area contributed by atoms with Crippen LogP contribution < -0.4 is 5.32 Å². The summed E-state index contributed by atoms with van der Waals surface area (Å²) in [4.78, 5) is 23.6. The van der Waals surface area contributed by atoms with Crippen molar-refractivity contribution in [3.8, 4) is 0 Å². The Morgan fingerprint density at radius 3 is 1.86 bits per heavy atom. The number of hydrogen-bond acceptors (Lipinski definition) is 2. The number of nitrogens with one attached hydrogen (secondary N) is 1. The predicted octanol–water partition coefficient (Wildman–Crippen LogP) is 3.29. The van der Waals surface area contributed by atoms with Crippen LogP contribution in [0.25, 0.3) is 0 Å². The number of carbonyl (C=O) groups is 2. The molecule has 0 spiro atoms. The molecule has 22 heavy (non-hydrogen) atoms. The summed E-state index contributed by atoms with van der Waals surface area (Å²) < 4.78 is 37.4. The van der Waals surface area contributed by atoms with Crippen LogP contribution in [0.3, 0.4) is 0 Å². The lowest BCUT2D eigenvalue weighted by Crippen LogP contribution is -2.41. The van der Waals surface area contributed by atoms with Gasteiger partial charge in [0.15, 0.2) is 5.78 Å². The summed E-state index contributed by atoms with van der Waals surface area (Å²) in [6.45, 7) is 0. The molecule has 0 saturated carbocycles. The molecule has 0 heterocycles. The third-order valence-electron chi connectivity index (χ3n) is 2.99. The van der Waals surface area contributed by atoms with E-state index in [9.17, 15) is 22.8 Å². The van der Waals surface area contributed by atoms with Crippen molar-refractivity contribution < 1.29 is 22.8 Å². The summed E-state index contributed by atoms with van der Waals surface area (Å²) in [6.07, 6.45) is -5.05. The van der Waals surface area contributed by atoms with E-state index in [1.165, 1.54) is 24.3 Å². The van der Waals surface area contributed by atoms with Crippen molar-refractivity contribution in [1.29, 1.82) is 0 Å². The second-order valence-corrected chi connectivity index (χ2v) is 4.55. The second-order valence-electron chi connectivity index (χ2n) is 4.55. The van der Waals surface area contributed by atoms with Gasteiger partial charge in [0, 0.05) is 5.56 Å². The van der Waals surface area contributed by atoms with Gasteiger partial charge in [-0.1, -0.05) is 60.7 Å². The fraction of sp³-hybridized carbons (Fsp3) is 0.125. The smallest absolute Gasteiger partial charge is 0.334 e. The Bertz CT molecular complexity index is 654. The number of carbonyl (C=O) groups excluding carboxylic acids is 2. The molecule has 0 unspecified atom stereocenters. The molecular formula is C16H12F3NO2. The summed E-state index contributed by atoms with van der Waals surface area (Å²) in [5, 5.41) is 1.76. The van der Waals surface area contributed by atoms with Gasteiger partial charge in [0.2, 0.25) is 0 Å². The van der Waals surface area contributed by atoms with Gasteiger partial charge in [-0.3, -0.25) is 9.59 Å². The Labute approximate surface area is 124 Å². The molecule has 0 aliphatic carbocycles. The molecule has 0 saturated heterocycles. The van der Waals surface area contributed by atoms with Crippen LogP contribution in [-0.4, -0.2) is 17.9 Å². The Morgan fingerprint density at radius 2 is 1.36 bits per heavy atom. The van der Waals surface area contributed by atoms with E-state index in [0.717, 1.165) is 0 Å². The SMILES string of the molecule is O=C(c1ccccc1)[C@H](NC(=O)C(F)(F)F)c1ccccc1. The van der Waals surface area contributed by atoms with Gasteiger partial charge in [-0.25, -0.2) is 0 Å². The number of hydrogen-bond donors (Lipinski definition) is 1. The quantitative estimate of drug-likeness (QED) is 0.881. The summed E-state index contributed by atoms with van der Waals surface area (Å²) in [6, 6.07) is 14.3. The first kappa shape index (κ1) is 15.8. The number of amides is 1. The van der Waals surface area contributed by atoms with Crippen LogP contribution in [0.2, 0.25) is 0 Å². The lowest BCUT2D eigenvalue weighted by molar-refractivity contribution is -0.174. The van der Waals surface area contributed by atoms with Crippen LogP contribution in [0, 0.1) is 0 Å². The molecule has 114 valence electrons. The van der Waals surface area contributed by atoms with Crippen molar-refractivity contribution in [2.75, 3.05) is 0 Å². The van der Waals surface area contributed by atoms with Crippen LogP contribution in [-0.2, 0) is 4.79 Å². The van der Waals surface area contributed by atoms with Gasteiger partial charge in [-0.2, -0.15) is 13.2 Å². The van der Waals surface area contributed by atoms with E-state index >= 15 is 0 Å². The molecule has 0 aromatic heterocycles. The molecule has 0 fully saturated rings. The number of benzene rings is 2. The number of Topliss-reactive ketones (excluding diaryl/α,β-unsaturated/α-hetero) is 1. The Hall–Kier alpha value is -2.63. The molecule has 0 radical (unpaired) electrons. The first-order valence-electron chi connectivity index (χ1n) is 6.41. The fourth-order valence-corrected chi connectivity index (χ4v) is 1.93. The van der Waals surface area contributed by atoms with Crippen molar-refractivity contribution in [3.05, 3.63) is 71.8 Å². The third-order valence-corrected chi connectivity index (χ3v) is 2.99. The second kappa shape index (κ2) is 6.43. The first-order chi connectivity index (χ1) is 10.4. The molecule has 1 N–H and O–H groups in total. The van der Waals surface area contributed by atoms with E-state index in [-0.39, 0.29) is 11.1 Å². The Kier molecular flexibility index (Phi) is 4.60. The van der Waals surface area contributed by atoms with Crippen LogP contribution >= 0.6 is 0 Å². The molecule has 2 aromatic rings. The molecular weight excluding hydrogens is 295 g/mol. The van der Waals surface area contributed by atoms with E-state index in [2.05, 4.69) is 0 Å². The molecule has 1 atom stereocenters. The van der Waals surface area contributed by atoms with Crippen LogP contribution in [0.5, 0.6) is 0 Å². The van der Waals surface area contributed by atoms with Gasteiger partial charge in [-0.15, -0.1) is 0 Å². The minimum absolute atomic E-state index is 0.221. The van der Waals surface area contributed by atoms with Crippen LogP contribution in [0.1, 0.15) is 22.0 Å². The lowest BCUT2D eigenvalue weighted by atomic mass is 9.97. The molecule has 0 bridgehead atoms. The van der Waals surface area contributed by atoms with Crippen molar-refractivity contribution in [2.24, 2.45) is 0 Å². The Morgan fingerprint density at radius 1 is 0.864 bits per heavy atom. The van der Waals surface area contributed by atoms with Crippen molar-refractivity contribution in [1.82, 2.24) is 5.32 Å². The highest BCUT2D eigenvalue weighted by molar-refractivity contribution is 6.02. The molecule has 1 amide bonds. The molecule has 3 nitrogen and oxygen atoms in total. The highest BCUT2D eigenvalue weighted by Crippen LogP contribution is 2.22. The highest BCUT2D eigenvalue weighted by atomic mass is 19.4. The van der Waals surface area contributed by atoms with Gasteiger partial charge in [0.25, 0.3) is 0 Å². The zero-order valence-electron chi connectivity index (χ0n) is 11.3. The van der Waals surface area contributed by atoms with Gasteiger partial charge >= 0.3 is 12.1 Å². The average molecular weight is 307 g/mol. The van der Waals surface area contributed by atoms with E-state index < -0.39 is 23.9 Å². The Balaban J connectivity index is 2.34. The van der Waals surface area contributed by atoms with Crippen molar-refractivity contribution in [2.45, 2.75) is 12.2 Å². The topological polar surface area (TPSA) is 46.2 Å². The fourth-order valence-electron chi connectivity index (χ4n) is 1.93. The van der Waals surface area contributed by atoms with E-state index in [1.54, 1.807) is 41.7 Å². The standard InChI is InChI=1S/C16H12F3NO2/c17-16(18,19)15(22)20-13(11-7-3-1-4-8-11)14(21)12-9-5-2-6-10-12/h1-10,13H,(H,20,22)/t13-/m1/s1. The monoisotopic (exact) mass is 307 g/mol. The molecule has 2 aromatic carbocycles. The zero-order valence-corrected chi connectivity index (χ0v) is 11.3. The number of alkyl halides is 3. The maximum atomic E-state index is 12.5. The lowest BCUT2D eigenvalue weighted by Gasteiger charge is -2.19. The van der Waals surface area contributed by atoms with E-state index in [4.69, 9.17) is 0 Å². The van der Waals surface area contributed by atoms with Gasteiger partial charge in [0.05, 0.1) is 0 Å². The summed E-state index contributed by atoms with van der Waals surface area (Å²) in [5.41, 5.74) is 0.507. The minimum Gasteiger partial charge on any atom is -0.334 e. The average Bonchev–Trinajstić information content (AvgIpc) is 2.52. The molecule has 0 aliphatic rings. The molecule has 6 heteroatoms. The maximum Gasteiger partial charge on any atom is 0.471 e. The van der Waals surface area contributed by atoms with Gasteiger partial charge < -0.3 is 5.32 Å². The van der Waals surface area contributed by atoms with Crippen molar-refractivity contribution in [3.63, 3.8) is 0 Å². The first-order valence-corrected chi connectivity index (χ1v) is 6.41. The van der Waals surface area contributed by atoms with Gasteiger partial charge in [0.1, 0.15) is 6.04 Å². The maximum absolute atomic E-state index is 12.5. The van der Waals surface area contributed by atoms with Crippen LogP contribution in [0.4, 0.5) is 13.2 Å². The highest BCUT2D eigenvalue weighted by Gasteiger charge is 2.41. The summed E-state index contributed by atoms with van der Waals surface area (Å²) in [7, 11) is 0. The predicted molar refractivity (Wildman–Crippen MR) is 74.2 cm³/mol. The largest absolute Gasteiger partial charge is 0.471 e. The molecule has 2 rings (SSSR count). The number of ketones is 1.